The molecule has 0 aliphatic heterocycles. The van der Waals surface area contributed by atoms with Crippen LogP contribution in [-0.4, -0.2) is 23.1 Å². The number of nitriles is 1. The molecule has 0 fully saturated rings. The summed E-state index contributed by atoms with van der Waals surface area (Å²) < 4.78 is 0. The van der Waals surface area contributed by atoms with Crippen LogP contribution in [0.3, 0.4) is 0 Å². The third-order valence-corrected chi connectivity index (χ3v) is 1.68. The summed E-state index contributed by atoms with van der Waals surface area (Å²) in [6.07, 6.45) is 0.274. The van der Waals surface area contributed by atoms with E-state index in [-0.39, 0.29) is 23.2 Å². The van der Waals surface area contributed by atoms with Crippen LogP contribution in [0, 0.1) is 11.3 Å². The number of aldehydes is 1. The van der Waals surface area contributed by atoms with Crippen molar-refractivity contribution >= 4 is 23.7 Å². The Morgan fingerprint density at radius 3 is 2.75 bits per heavy atom. The van der Waals surface area contributed by atoms with Crippen LogP contribution in [0.15, 0.2) is 29.4 Å². The SMILES string of the molecule is N#CC(C=O)=NNc1ccccc1C(=O)O. The molecule has 0 saturated carbocycles. The number of anilines is 1. The van der Waals surface area contributed by atoms with E-state index >= 15 is 0 Å². The standard InChI is InChI=1S/C10H7N3O3/c11-5-7(6-14)12-13-9-4-2-1-3-8(9)10(15)16/h1-4,6,13H,(H,15,16). The van der Waals surface area contributed by atoms with Crippen LogP contribution in [0.25, 0.3) is 0 Å². The minimum absolute atomic E-state index is 0.00874. The second kappa shape index (κ2) is 5.26. The Morgan fingerprint density at radius 1 is 1.50 bits per heavy atom. The van der Waals surface area contributed by atoms with E-state index in [4.69, 9.17) is 10.4 Å². The van der Waals surface area contributed by atoms with Gasteiger partial charge >= 0.3 is 5.97 Å². The van der Waals surface area contributed by atoms with Gasteiger partial charge in [0.05, 0.1) is 11.3 Å². The number of carboxylic acid groups (broad SMARTS) is 1. The number of nitrogens with one attached hydrogen (secondary N) is 1. The Balaban J connectivity index is 2.98. The van der Waals surface area contributed by atoms with E-state index in [9.17, 15) is 9.59 Å². The zero-order chi connectivity index (χ0) is 12.0. The van der Waals surface area contributed by atoms with Crippen molar-refractivity contribution in [1.29, 1.82) is 5.26 Å². The molecule has 0 unspecified atom stereocenters. The summed E-state index contributed by atoms with van der Waals surface area (Å²) in [6, 6.07) is 7.57. The molecule has 0 atom stereocenters. The number of para-hydroxylation sites is 1. The summed E-state index contributed by atoms with van der Waals surface area (Å²) >= 11 is 0. The van der Waals surface area contributed by atoms with E-state index in [1.54, 1.807) is 18.2 Å². The van der Waals surface area contributed by atoms with Crippen molar-refractivity contribution in [3.8, 4) is 6.07 Å². The molecule has 0 aromatic heterocycles. The van der Waals surface area contributed by atoms with Crippen molar-refractivity contribution in [2.45, 2.75) is 0 Å². The first kappa shape index (κ1) is 11.4. The van der Waals surface area contributed by atoms with Crippen molar-refractivity contribution < 1.29 is 14.7 Å². The topological polar surface area (TPSA) is 103 Å². The summed E-state index contributed by atoms with van der Waals surface area (Å²) in [6.45, 7) is 0. The van der Waals surface area contributed by atoms with Gasteiger partial charge in [-0.05, 0) is 12.1 Å². The Hall–Kier alpha value is -2.68. The molecular weight excluding hydrogens is 210 g/mol. The van der Waals surface area contributed by atoms with Gasteiger partial charge in [0.2, 0.25) is 0 Å². The summed E-state index contributed by atoms with van der Waals surface area (Å²) in [5.41, 5.74) is 2.21. The fourth-order valence-electron chi connectivity index (χ4n) is 0.965. The summed E-state index contributed by atoms with van der Waals surface area (Å²) in [7, 11) is 0. The lowest BCUT2D eigenvalue weighted by Crippen LogP contribution is -2.05. The van der Waals surface area contributed by atoms with Crippen molar-refractivity contribution in [3.05, 3.63) is 29.8 Å². The van der Waals surface area contributed by atoms with E-state index in [0.29, 0.717) is 0 Å². The molecule has 0 heterocycles. The molecule has 1 aromatic rings. The van der Waals surface area contributed by atoms with E-state index in [0.717, 1.165) is 0 Å². The van der Waals surface area contributed by atoms with Crippen LogP contribution in [0.2, 0.25) is 0 Å². The second-order valence-electron chi connectivity index (χ2n) is 2.69. The van der Waals surface area contributed by atoms with E-state index in [1.807, 2.05) is 0 Å². The van der Waals surface area contributed by atoms with Gasteiger partial charge in [0.25, 0.3) is 0 Å². The van der Waals surface area contributed by atoms with Crippen LogP contribution in [0.4, 0.5) is 5.69 Å². The van der Waals surface area contributed by atoms with Gasteiger partial charge in [-0.25, -0.2) is 4.79 Å². The number of hydrogen-bond acceptors (Lipinski definition) is 5. The zero-order valence-corrected chi connectivity index (χ0v) is 8.04. The van der Waals surface area contributed by atoms with E-state index in [2.05, 4.69) is 10.5 Å². The second-order valence-corrected chi connectivity index (χ2v) is 2.69. The molecule has 0 saturated heterocycles. The highest BCUT2D eigenvalue weighted by atomic mass is 16.4. The number of carboxylic acids is 1. The number of rotatable bonds is 4. The van der Waals surface area contributed by atoms with Crippen LogP contribution in [0.5, 0.6) is 0 Å². The quantitative estimate of drug-likeness (QED) is 0.442. The molecule has 0 bridgehead atoms. The maximum atomic E-state index is 10.8. The highest BCUT2D eigenvalue weighted by Crippen LogP contribution is 2.14. The van der Waals surface area contributed by atoms with Crippen LogP contribution in [-0.2, 0) is 4.79 Å². The van der Waals surface area contributed by atoms with Crippen molar-refractivity contribution in [2.24, 2.45) is 5.10 Å². The molecule has 0 aliphatic rings. The monoisotopic (exact) mass is 217 g/mol. The average molecular weight is 217 g/mol. The largest absolute Gasteiger partial charge is 0.478 e. The Labute approximate surface area is 90.8 Å². The lowest BCUT2D eigenvalue weighted by molar-refractivity contribution is -0.102. The molecule has 2 N–H and O–H groups in total. The molecule has 6 nitrogen and oxygen atoms in total. The van der Waals surface area contributed by atoms with Gasteiger partial charge in [-0.3, -0.25) is 10.2 Å². The predicted octanol–water partition coefficient (Wildman–Crippen LogP) is 0.875. The van der Waals surface area contributed by atoms with Crippen molar-refractivity contribution in [3.63, 3.8) is 0 Å². The van der Waals surface area contributed by atoms with Gasteiger partial charge in [-0.15, -0.1) is 0 Å². The molecule has 0 amide bonds. The molecule has 0 aliphatic carbocycles. The van der Waals surface area contributed by atoms with Crippen LogP contribution >= 0.6 is 0 Å². The number of carbonyl (C=O) groups is 2. The van der Waals surface area contributed by atoms with Crippen molar-refractivity contribution in [2.75, 3.05) is 5.43 Å². The molecule has 1 rings (SSSR count). The number of hydrazone groups is 1. The Kier molecular flexibility index (Phi) is 3.75. The molecule has 1 aromatic carbocycles. The molecule has 16 heavy (non-hydrogen) atoms. The predicted molar refractivity (Wildman–Crippen MR) is 56.1 cm³/mol. The van der Waals surface area contributed by atoms with Gasteiger partial charge in [0, 0.05) is 0 Å². The first-order chi connectivity index (χ1) is 7.69. The van der Waals surface area contributed by atoms with Gasteiger partial charge < -0.3 is 5.11 Å². The van der Waals surface area contributed by atoms with Crippen LogP contribution < -0.4 is 5.43 Å². The molecular formula is C10H7N3O3. The van der Waals surface area contributed by atoms with Gasteiger partial charge in [0.15, 0.2) is 12.0 Å². The number of nitrogens with zero attached hydrogens (tertiary/aromatic N) is 2. The third kappa shape index (κ3) is 2.65. The van der Waals surface area contributed by atoms with Crippen molar-refractivity contribution in [1.82, 2.24) is 0 Å². The zero-order valence-electron chi connectivity index (χ0n) is 8.04. The molecule has 0 radical (unpaired) electrons. The summed E-state index contributed by atoms with van der Waals surface area (Å²) in [5, 5.41) is 20.7. The molecule has 80 valence electrons. The minimum atomic E-state index is -1.12. The van der Waals surface area contributed by atoms with Crippen LogP contribution in [0.1, 0.15) is 10.4 Å². The lowest BCUT2D eigenvalue weighted by Gasteiger charge is -2.03. The van der Waals surface area contributed by atoms with Gasteiger partial charge in [-0.1, -0.05) is 12.1 Å². The first-order valence-electron chi connectivity index (χ1n) is 4.20. The Morgan fingerprint density at radius 2 is 2.19 bits per heavy atom. The maximum Gasteiger partial charge on any atom is 0.337 e. The fraction of sp³-hybridized carbons (Fsp3) is 0. The third-order valence-electron chi connectivity index (χ3n) is 1.68. The molecule has 0 spiro atoms. The first-order valence-corrected chi connectivity index (χ1v) is 4.20. The molecule has 6 heteroatoms. The van der Waals surface area contributed by atoms with Gasteiger partial charge in [0.1, 0.15) is 6.07 Å². The minimum Gasteiger partial charge on any atom is -0.478 e. The normalized spacial score (nSPS) is 10.3. The smallest absolute Gasteiger partial charge is 0.337 e. The van der Waals surface area contributed by atoms with E-state index < -0.39 is 5.97 Å². The number of benzene rings is 1. The van der Waals surface area contributed by atoms with Gasteiger partial charge in [-0.2, -0.15) is 10.4 Å². The highest BCUT2D eigenvalue weighted by Gasteiger charge is 2.08. The number of aromatic carboxylic acids is 1. The summed E-state index contributed by atoms with van der Waals surface area (Å²) in [4.78, 5) is 21.0. The van der Waals surface area contributed by atoms with E-state index in [1.165, 1.54) is 12.1 Å². The Bertz CT molecular complexity index is 488. The highest BCUT2D eigenvalue weighted by molar-refractivity contribution is 6.36. The number of hydrogen-bond donors (Lipinski definition) is 2. The lowest BCUT2D eigenvalue weighted by atomic mass is 10.2. The summed E-state index contributed by atoms with van der Waals surface area (Å²) in [5.74, 6) is -1.12. The average Bonchev–Trinajstić information content (AvgIpc) is 2.30. The maximum absolute atomic E-state index is 10.8. The number of carbonyl (C=O) groups excluding carboxylic acids is 1. The fourth-order valence-corrected chi connectivity index (χ4v) is 0.965.